The predicted molar refractivity (Wildman–Crippen MR) is 117 cm³/mol. The minimum atomic E-state index is -4.35. The Morgan fingerprint density at radius 1 is 0.774 bits per heavy atom. The molecule has 0 N–H and O–H groups in total. The molecule has 0 amide bonds. The summed E-state index contributed by atoms with van der Waals surface area (Å²) in [4.78, 5) is 0. The van der Waals surface area contributed by atoms with Gasteiger partial charge in [-0.3, -0.25) is 0 Å². The van der Waals surface area contributed by atoms with Crippen molar-refractivity contribution in [2.24, 2.45) is 0 Å². The van der Waals surface area contributed by atoms with Crippen LogP contribution >= 0.6 is 0 Å². The predicted octanol–water partition coefficient (Wildman–Crippen LogP) is 7.72. The number of hydrogen-bond acceptors (Lipinski definition) is 2. The Labute approximate surface area is 181 Å². The molecule has 0 aromatic heterocycles. The molecule has 0 aliphatic carbocycles. The van der Waals surface area contributed by atoms with Crippen LogP contribution < -0.4 is 9.47 Å². The van der Waals surface area contributed by atoms with E-state index in [4.69, 9.17) is 9.47 Å². The number of hydrogen-bond donors (Lipinski definition) is 0. The second kappa shape index (κ2) is 9.90. The normalized spacial score (nSPS) is 13.5. The molecule has 0 heterocycles. The van der Waals surface area contributed by atoms with Gasteiger partial charge in [-0.15, -0.1) is 0 Å². The van der Waals surface area contributed by atoms with Crippen molar-refractivity contribution >= 4 is 0 Å². The van der Waals surface area contributed by atoms with Gasteiger partial charge in [-0.1, -0.05) is 42.5 Å². The van der Waals surface area contributed by atoms with Gasteiger partial charge in [0, 0.05) is 0 Å². The number of alkyl halides is 3. The smallest absolute Gasteiger partial charge is 0.398 e. The van der Waals surface area contributed by atoms with Crippen LogP contribution in [0.1, 0.15) is 37.8 Å². The molecule has 5 heteroatoms. The first-order chi connectivity index (χ1) is 14.8. The summed E-state index contributed by atoms with van der Waals surface area (Å²) in [5.41, 5.74) is -0.718. The van der Waals surface area contributed by atoms with Gasteiger partial charge in [-0.05, 0) is 80.6 Å². The highest BCUT2D eigenvalue weighted by Gasteiger charge is 2.51. The Bertz CT molecular complexity index is 952. The van der Waals surface area contributed by atoms with Crippen molar-refractivity contribution in [1.29, 1.82) is 0 Å². The zero-order valence-corrected chi connectivity index (χ0v) is 17.8. The molecular weight excluding hydrogens is 401 g/mol. The summed E-state index contributed by atoms with van der Waals surface area (Å²) in [6.45, 7) is 3.59. The van der Waals surface area contributed by atoms with Crippen LogP contribution in [0.5, 0.6) is 17.2 Å². The van der Waals surface area contributed by atoms with Gasteiger partial charge in [0.2, 0.25) is 0 Å². The maximum absolute atomic E-state index is 14.0. The summed E-state index contributed by atoms with van der Waals surface area (Å²) in [5, 5.41) is 0. The van der Waals surface area contributed by atoms with E-state index < -0.39 is 11.6 Å². The van der Waals surface area contributed by atoms with Crippen LogP contribution in [0, 0.1) is 0 Å². The molecule has 3 aromatic rings. The van der Waals surface area contributed by atoms with Crippen LogP contribution in [0.2, 0.25) is 0 Å². The zero-order chi connectivity index (χ0) is 22.3. The third kappa shape index (κ3) is 5.81. The summed E-state index contributed by atoms with van der Waals surface area (Å²) < 4.78 is 53.2. The highest BCUT2D eigenvalue weighted by Crippen LogP contribution is 2.45. The monoisotopic (exact) mass is 428 g/mol. The van der Waals surface area contributed by atoms with Gasteiger partial charge in [0.25, 0.3) is 0 Å². The SMILES string of the molecule is CCOc1ccc(C(C)(CCCc2cccc(Oc3ccccc3)c2)C(F)(F)F)cc1. The van der Waals surface area contributed by atoms with E-state index in [2.05, 4.69) is 0 Å². The number of benzene rings is 3. The number of rotatable bonds is 9. The highest BCUT2D eigenvalue weighted by molar-refractivity contribution is 5.35. The standard InChI is InChI=1S/C26H27F3O2/c1-3-30-22-16-14-21(15-17-22)25(2,26(27,28)29)18-8-10-20-9-7-13-24(19-20)31-23-11-5-4-6-12-23/h4-7,9,11-17,19H,3,8,10,18H2,1-2H3. The Morgan fingerprint density at radius 3 is 2.10 bits per heavy atom. The second-order valence-electron chi connectivity index (χ2n) is 7.70. The van der Waals surface area contributed by atoms with Gasteiger partial charge >= 0.3 is 6.18 Å². The zero-order valence-electron chi connectivity index (χ0n) is 17.8. The fourth-order valence-corrected chi connectivity index (χ4v) is 3.57. The van der Waals surface area contributed by atoms with Crippen molar-refractivity contribution in [3.05, 3.63) is 90.0 Å². The molecule has 0 aliphatic heterocycles. The third-order valence-electron chi connectivity index (χ3n) is 5.45. The van der Waals surface area contributed by atoms with E-state index in [0.717, 1.165) is 11.3 Å². The Hall–Kier alpha value is -2.95. The Kier molecular flexibility index (Phi) is 7.26. The van der Waals surface area contributed by atoms with Crippen LogP contribution in [-0.4, -0.2) is 12.8 Å². The highest BCUT2D eigenvalue weighted by atomic mass is 19.4. The minimum absolute atomic E-state index is 0.00570. The lowest BCUT2D eigenvalue weighted by atomic mass is 9.77. The molecule has 0 spiro atoms. The quantitative estimate of drug-likeness (QED) is 0.347. The summed E-state index contributed by atoms with van der Waals surface area (Å²) in [6.07, 6.45) is -3.42. The van der Waals surface area contributed by atoms with Gasteiger partial charge in [-0.25, -0.2) is 0 Å². The molecule has 31 heavy (non-hydrogen) atoms. The molecule has 0 aliphatic rings. The van der Waals surface area contributed by atoms with E-state index in [-0.39, 0.29) is 12.0 Å². The molecule has 0 saturated heterocycles. The molecule has 0 fully saturated rings. The van der Waals surface area contributed by atoms with Crippen LogP contribution in [0.4, 0.5) is 13.2 Å². The molecule has 164 valence electrons. The van der Waals surface area contributed by atoms with Gasteiger partial charge in [0.1, 0.15) is 17.2 Å². The van der Waals surface area contributed by atoms with Crippen molar-refractivity contribution in [2.75, 3.05) is 6.61 Å². The van der Waals surface area contributed by atoms with Crippen LogP contribution in [0.25, 0.3) is 0 Å². The van der Waals surface area contributed by atoms with Crippen molar-refractivity contribution in [3.8, 4) is 17.2 Å². The van der Waals surface area contributed by atoms with E-state index in [9.17, 15) is 13.2 Å². The van der Waals surface area contributed by atoms with Gasteiger partial charge in [0.05, 0.1) is 12.0 Å². The van der Waals surface area contributed by atoms with Gasteiger partial charge in [-0.2, -0.15) is 13.2 Å². The largest absolute Gasteiger partial charge is 0.494 e. The van der Waals surface area contributed by atoms with Crippen molar-refractivity contribution in [2.45, 2.75) is 44.7 Å². The maximum Gasteiger partial charge on any atom is 0.398 e. The van der Waals surface area contributed by atoms with E-state index in [0.29, 0.717) is 30.9 Å². The van der Waals surface area contributed by atoms with Gasteiger partial charge in [0.15, 0.2) is 0 Å². The number of ether oxygens (including phenoxy) is 2. The summed E-state index contributed by atoms with van der Waals surface area (Å²) >= 11 is 0. The maximum atomic E-state index is 14.0. The second-order valence-corrected chi connectivity index (χ2v) is 7.70. The third-order valence-corrected chi connectivity index (χ3v) is 5.45. The Morgan fingerprint density at radius 2 is 1.45 bits per heavy atom. The lowest BCUT2D eigenvalue weighted by Gasteiger charge is -2.33. The Balaban J connectivity index is 1.68. The van der Waals surface area contributed by atoms with E-state index >= 15 is 0 Å². The summed E-state index contributed by atoms with van der Waals surface area (Å²) in [5.74, 6) is 1.97. The van der Waals surface area contributed by atoms with Crippen molar-refractivity contribution in [3.63, 3.8) is 0 Å². The number of aryl methyl sites for hydroxylation is 1. The number of halogens is 3. The van der Waals surface area contributed by atoms with Crippen LogP contribution in [0.3, 0.4) is 0 Å². The van der Waals surface area contributed by atoms with Gasteiger partial charge < -0.3 is 9.47 Å². The topological polar surface area (TPSA) is 18.5 Å². The molecule has 3 aromatic carbocycles. The van der Waals surface area contributed by atoms with Crippen molar-refractivity contribution < 1.29 is 22.6 Å². The van der Waals surface area contributed by atoms with Crippen LogP contribution in [0.15, 0.2) is 78.9 Å². The minimum Gasteiger partial charge on any atom is -0.494 e. The molecule has 2 nitrogen and oxygen atoms in total. The van der Waals surface area contributed by atoms with Crippen molar-refractivity contribution in [1.82, 2.24) is 0 Å². The summed E-state index contributed by atoms with van der Waals surface area (Å²) in [6, 6.07) is 23.2. The molecule has 1 unspecified atom stereocenters. The molecule has 0 saturated carbocycles. The molecular formula is C26H27F3O2. The molecule has 3 rings (SSSR count). The first-order valence-corrected chi connectivity index (χ1v) is 10.4. The molecule has 0 bridgehead atoms. The lowest BCUT2D eigenvalue weighted by Crippen LogP contribution is -2.39. The van der Waals surface area contributed by atoms with E-state index in [1.54, 1.807) is 12.1 Å². The fourth-order valence-electron chi connectivity index (χ4n) is 3.57. The molecule has 1 atom stereocenters. The first-order valence-electron chi connectivity index (χ1n) is 10.4. The number of para-hydroxylation sites is 1. The average molecular weight is 428 g/mol. The van der Waals surface area contributed by atoms with E-state index in [1.165, 1.54) is 19.1 Å². The summed E-state index contributed by atoms with van der Waals surface area (Å²) in [7, 11) is 0. The average Bonchev–Trinajstić information content (AvgIpc) is 2.75. The first kappa shape index (κ1) is 22.7. The molecule has 0 radical (unpaired) electrons. The lowest BCUT2D eigenvalue weighted by molar-refractivity contribution is -0.188. The fraction of sp³-hybridized carbons (Fsp3) is 0.308. The van der Waals surface area contributed by atoms with E-state index in [1.807, 2.05) is 61.5 Å². The van der Waals surface area contributed by atoms with Crippen LogP contribution in [-0.2, 0) is 11.8 Å².